The van der Waals surface area contributed by atoms with E-state index < -0.39 is 11.8 Å². The van der Waals surface area contributed by atoms with E-state index in [0.29, 0.717) is 17.9 Å². The van der Waals surface area contributed by atoms with Gasteiger partial charge in [-0.25, -0.2) is 4.79 Å². The minimum Gasteiger partial charge on any atom is -0.494 e. The molecule has 23 heavy (non-hydrogen) atoms. The van der Waals surface area contributed by atoms with Gasteiger partial charge >= 0.3 is 5.97 Å². The Hall–Kier alpha value is -2.62. The normalized spacial score (nSPS) is 10.1. The third-order valence-electron chi connectivity index (χ3n) is 3.46. The molecule has 2 aromatic rings. The molecule has 0 saturated carbocycles. The molecule has 0 spiro atoms. The maximum absolute atomic E-state index is 11.6. The average Bonchev–Trinajstić information content (AvgIpc) is 2.61. The van der Waals surface area contributed by atoms with Gasteiger partial charge in [0.25, 0.3) is 5.78 Å². The Morgan fingerprint density at radius 1 is 0.913 bits per heavy atom. The van der Waals surface area contributed by atoms with E-state index in [4.69, 9.17) is 4.74 Å². The molecule has 0 heterocycles. The molecular weight excluding hydrogens is 292 g/mol. The SMILES string of the molecule is COC(=O)C(=O)c1ccc(OCCCCc2ccccc2)cc1. The highest BCUT2D eigenvalue weighted by Crippen LogP contribution is 2.14. The van der Waals surface area contributed by atoms with Crippen LogP contribution in [0.1, 0.15) is 28.8 Å². The van der Waals surface area contributed by atoms with Crippen molar-refractivity contribution in [3.05, 3.63) is 65.7 Å². The van der Waals surface area contributed by atoms with Crippen molar-refractivity contribution < 1.29 is 19.1 Å². The van der Waals surface area contributed by atoms with Crippen molar-refractivity contribution in [1.82, 2.24) is 0 Å². The topological polar surface area (TPSA) is 52.6 Å². The fourth-order valence-electron chi connectivity index (χ4n) is 2.18. The minimum atomic E-state index is -0.861. The van der Waals surface area contributed by atoms with Gasteiger partial charge in [0.1, 0.15) is 5.75 Å². The van der Waals surface area contributed by atoms with E-state index in [2.05, 4.69) is 16.9 Å². The van der Waals surface area contributed by atoms with Crippen LogP contribution >= 0.6 is 0 Å². The molecule has 2 rings (SSSR count). The summed E-state index contributed by atoms with van der Waals surface area (Å²) >= 11 is 0. The maximum Gasteiger partial charge on any atom is 0.379 e. The zero-order chi connectivity index (χ0) is 16.5. The van der Waals surface area contributed by atoms with Gasteiger partial charge in [0.15, 0.2) is 0 Å². The number of carbonyl (C=O) groups excluding carboxylic acids is 2. The molecule has 0 atom stereocenters. The fraction of sp³-hybridized carbons (Fsp3) is 0.263. The Balaban J connectivity index is 1.72. The van der Waals surface area contributed by atoms with Crippen LogP contribution in [0.5, 0.6) is 5.75 Å². The molecule has 4 nitrogen and oxygen atoms in total. The van der Waals surface area contributed by atoms with Gasteiger partial charge in [0.05, 0.1) is 13.7 Å². The minimum absolute atomic E-state index is 0.299. The van der Waals surface area contributed by atoms with Gasteiger partial charge in [-0.3, -0.25) is 4.79 Å². The van der Waals surface area contributed by atoms with E-state index in [0.717, 1.165) is 19.3 Å². The Bertz CT molecular complexity index is 632. The van der Waals surface area contributed by atoms with Crippen molar-refractivity contribution in [3.63, 3.8) is 0 Å². The summed E-state index contributed by atoms with van der Waals surface area (Å²) in [6, 6.07) is 16.9. The summed E-state index contributed by atoms with van der Waals surface area (Å²) in [5, 5.41) is 0. The lowest BCUT2D eigenvalue weighted by molar-refractivity contribution is -0.135. The number of hydrogen-bond acceptors (Lipinski definition) is 4. The number of methoxy groups -OCH3 is 1. The molecule has 0 aliphatic heterocycles. The summed E-state index contributed by atoms with van der Waals surface area (Å²) in [6.07, 6.45) is 3.05. The maximum atomic E-state index is 11.6. The van der Waals surface area contributed by atoms with Crippen molar-refractivity contribution in [1.29, 1.82) is 0 Å². The lowest BCUT2D eigenvalue weighted by Crippen LogP contribution is -2.15. The molecule has 0 saturated heterocycles. The second-order valence-electron chi connectivity index (χ2n) is 5.14. The van der Waals surface area contributed by atoms with E-state index in [1.54, 1.807) is 24.3 Å². The van der Waals surface area contributed by atoms with Crippen LogP contribution in [0.3, 0.4) is 0 Å². The number of aryl methyl sites for hydroxylation is 1. The molecule has 0 bridgehead atoms. The molecular formula is C19H20O4. The Morgan fingerprint density at radius 2 is 1.61 bits per heavy atom. The predicted octanol–water partition coefficient (Wildman–Crippen LogP) is 3.44. The first-order valence-electron chi connectivity index (χ1n) is 7.60. The smallest absolute Gasteiger partial charge is 0.379 e. The second-order valence-corrected chi connectivity index (χ2v) is 5.14. The summed E-state index contributed by atoms with van der Waals surface area (Å²) in [7, 11) is 1.19. The highest BCUT2D eigenvalue weighted by atomic mass is 16.5. The van der Waals surface area contributed by atoms with Crippen LogP contribution in [-0.4, -0.2) is 25.5 Å². The zero-order valence-electron chi connectivity index (χ0n) is 13.2. The van der Waals surface area contributed by atoms with Crippen molar-refractivity contribution in [2.24, 2.45) is 0 Å². The summed E-state index contributed by atoms with van der Waals surface area (Å²) in [4.78, 5) is 22.8. The van der Waals surface area contributed by atoms with E-state index in [1.807, 2.05) is 18.2 Å². The van der Waals surface area contributed by atoms with Crippen LogP contribution in [0.15, 0.2) is 54.6 Å². The summed E-state index contributed by atoms with van der Waals surface area (Å²) in [5.41, 5.74) is 1.63. The zero-order valence-corrected chi connectivity index (χ0v) is 13.2. The number of Topliss-reactive ketones (excluding diaryl/α,β-unsaturated/α-hetero) is 1. The van der Waals surface area contributed by atoms with Gasteiger partial charge in [-0.2, -0.15) is 0 Å². The number of ether oxygens (including phenoxy) is 2. The van der Waals surface area contributed by atoms with Gasteiger partial charge in [-0.1, -0.05) is 30.3 Å². The molecule has 0 radical (unpaired) electrons. The van der Waals surface area contributed by atoms with Crippen LogP contribution in [0.25, 0.3) is 0 Å². The molecule has 0 aliphatic rings. The number of unbranched alkanes of at least 4 members (excludes halogenated alkanes) is 1. The van der Waals surface area contributed by atoms with Crippen LogP contribution < -0.4 is 4.74 Å². The van der Waals surface area contributed by atoms with E-state index in [9.17, 15) is 9.59 Å². The quantitative estimate of drug-likeness (QED) is 0.324. The van der Waals surface area contributed by atoms with E-state index in [-0.39, 0.29) is 0 Å². The van der Waals surface area contributed by atoms with Gasteiger partial charge in [0.2, 0.25) is 0 Å². The Morgan fingerprint density at radius 3 is 2.26 bits per heavy atom. The van der Waals surface area contributed by atoms with Gasteiger partial charge < -0.3 is 9.47 Å². The molecule has 0 fully saturated rings. The van der Waals surface area contributed by atoms with Crippen LogP contribution in [0.2, 0.25) is 0 Å². The lowest BCUT2D eigenvalue weighted by atomic mass is 10.1. The number of carbonyl (C=O) groups is 2. The van der Waals surface area contributed by atoms with Crippen LogP contribution in [-0.2, 0) is 16.0 Å². The third-order valence-corrected chi connectivity index (χ3v) is 3.46. The predicted molar refractivity (Wildman–Crippen MR) is 87.7 cm³/mol. The van der Waals surface area contributed by atoms with Crippen LogP contribution in [0.4, 0.5) is 0 Å². The highest BCUT2D eigenvalue weighted by molar-refractivity contribution is 6.40. The molecule has 120 valence electrons. The first-order valence-corrected chi connectivity index (χ1v) is 7.60. The number of benzene rings is 2. The molecule has 0 aliphatic carbocycles. The largest absolute Gasteiger partial charge is 0.494 e. The molecule has 0 amide bonds. The summed E-state index contributed by atoms with van der Waals surface area (Å²) in [5.74, 6) is -0.826. The molecule has 0 N–H and O–H groups in total. The van der Waals surface area contributed by atoms with Gasteiger partial charge in [-0.15, -0.1) is 0 Å². The standard InChI is InChI=1S/C19H20O4/c1-22-19(21)18(20)16-10-12-17(13-11-16)23-14-6-5-9-15-7-3-2-4-8-15/h2-4,7-8,10-13H,5-6,9,14H2,1H3. The van der Waals surface area contributed by atoms with E-state index >= 15 is 0 Å². The average molecular weight is 312 g/mol. The second kappa shape index (κ2) is 8.73. The first kappa shape index (κ1) is 16.7. The molecule has 0 unspecified atom stereocenters. The lowest BCUT2D eigenvalue weighted by Gasteiger charge is -2.07. The summed E-state index contributed by atoms with van der Waals surface area (Å²) < 4.78 is 10.0. The first-order chi connectivity index (χ1) is 11.2. The van der Waals surface area contributed by atoms with Gasteiger partial charge in [0, 0.05) is 5.56 Å². The van der Waals surface area contributed by atoms with Crippen molar-refractivity contribution in [3.8, 4) is 5.75 Å². The third kappa shape index (κ3) is 5.25. The number of ketones is 1. The van der Waals surface area contributed by atoms with Crippen molar-refractivity contribution >= 4 is 11.8 Å². The summed E-state index contributed by atoms with van der Waals surface area (Å²) in [6.45, 7) is 0.622. The van der Waals surface area contributed by atoms with Crippen molar-refractivity contribution in [2.75, 3.05) is 13.7 Å². The van der Waals surface area contributed by atoms with Gasteiger partial charge in [-0.05, 0) is 49.1 Å². The number of rotatable bonds is 8. The van der Waals surface area contributed by atoms with Crippen LogP contribution in [0, 0.1) is 0 Å². The van der Waals surface area contributed by atoms with E-state index in [1.165, 1.54) is 12.7 Å². The molecule has 0 aromatic heterocycles. The highest BCUT2D eigenvalue weighted by Gasteiger charge is 2.16. The number of esters is 1. The molecule has 2 aromatic carbocycles. The Kier molecular flexibility index (Phi) is 6.36. The molecule has 4 heteroatoms. The number of hydrogen-bond donors (Lipinski definition) is 0. The Labute approximate surface area is 136 Å². The fourth-order valence-corrected chi connectivity index (χ4v) is 2.18. The van der Waals surface area contributed by atoms with Crippen molar-refractivity contribution in [2.45, 2.75) is 19.3 Å². The monoisotopic (exact) mass is 312 g/mol.